The van der Waals surface area contributed by atoms with Crippen molar-refractivity contribution in [3.8, 4) is 0 Å². The lowest BCUT2D eigenvalue weighted by molar-refractivity contribution is -0.153. The van der Waals surface area contributed by atoms with Gasteiger partial charge in [-0.05, 0) is 46.2 Å². The minimum Gasteiger partial charge on any atom is -0.466 e. The highest BCUT2D eigenvalue weighted by Crippen LogP contribution is 2.32. The number of carbonyl (C=O) groups is 1. The highest BCUT2D eigenvalue weighted by Gasteiger charge is 2.43. The number of nitrogens with zero attached hydrogens (tertiary/aromatic N) is 1. The summed E-state index contributed by atoms with van der Waals surface area (Å²) in [5.74, 6) is -0.364. The molecule has 2 atom stereocenters. The molecule has 4 heteroatoms. The van der Waals surface area contributed by atoms with Crippen molar-refractivity contribution in [3.05, 3.63) is 0 Å². The van der Waals surface area contributed by atoms with Gasteiger partial charge in [-0.2, -0.15) is 0 Å². The lowest BCUT2D eigenvalue weighted by Crippen LogP contribution is -2.55. The van der Waals surface area contributed by atoms with Crippen molar-refractivity contribution in [2.45, 2.75) is 45.6 Å². The molecule has 1 rings (SSSR count). The summed E-state index contributed by atoms with van der Waals surface area (Å²) >= 11 is 0. The molecule has 1 saturated heterocycles. The first-order chi connectivity index (χ1) is 8.10. The quantitative estimate of drug-likeness (QED) is 0.715. The topological polar surface area (TPSA) is 55.6 Å². The summed E-state index contributed by atoms with van der Waals surface area (Å²) in [5, 5.41) is 0. The van der Waals surface area contributed by atoms with E-state index in [2.05, 4.69) is 18.7 Å². The van der Waals surface area contributed by atoms with E-state index in [4.69, 9.17) is 10.5 Å². The maximum atomic E-state index is 12.0. The van der Waals surface area contributed by atoms with E-state index in [-0.39, 0.29) is 17.4 Å². The molecule has 0 aromatic rings. The van der Waals surface area contributed by atoms with Crippen molar-refractivity contribution in [3.63, 3.8) is 0 Å². The zero-order valence-corrected chi connectivity index (χ0v) is 11.4. The monoisotopic (exact) mass is 242 g/mol. The molecule has 0 bridgehead atoms. The first-order valence-electron chi connectivity index (χ1n) is 6.71. The maximum absolute atomic E-state index is 12.0. The third-order valence-electron chi connectivity index (χ3n) is 4.10. The Morgan fingerprint density at radius 3 is 2.41 bits per heavy atom. The SMILES string of the molecule is CCOC(=O)[C@H](CN)[C@](C)(CC)N1CCCC1. The Balaban J connectivity index is 2.83. The van der Waals surface area contributed by atoms with E-state index in [0.717, 1.165) is 19.5 Å². The first kappa shape index (κ1) is 14.5. The van der Waals surface area contributed by atoms with E-state index in [1.54, 1.807) is 0 Å². The van der Waals surface area contributed by atoms with Gasteiger partial charge >= 0.3 is 5.97 Å². The number of likely N-dealkylation sites (tertiary alicyclic amines) is 1. The molecule has 1 aliphatic heterocycles. The standard InChI is InChI=1S/C13H26N2O2/c1-4-13(3,15-8-6-7-9-15)11(10-14)12(16)17-5-2/h11H,4-10,14H2,1-3H3/t11-,13-/m0/s1. The van der Waals surface area contributed by atoms with Crippen LogP contribution in [-0.4, -0.2) is 42.6 Å². The van der Waals surface area contributed by atoms with Crippen LogP contribution in [0.15, 0.2) is 0 Å². The minimum absolute atomic E-state index is 0.147. The van der Waals surface area contributed by atoms with E-state index in [0.29, 0.717) is 13.2 Å². The van der Waals surface area contributed by atoms with Crippen LogP contribution in [0, 0.1) is 5.92 Å². The molecule has 0 radical (unpaired) electrons. The normalized spacial score (nSPS) is 22.1. The zero-order valence-electron chi connectivity index (χ0n) is 11.4. The number of ether oxygens (including phenoxy) is 1. The second-order valence-electron chi connectivity index (χ2n) is 4.95. The van der Waals surface area contributed by atoms with E-state index >= 15 is 0 Å². The smallest absolute Gasteiger partial charge is 0.312 e. The fourth-order valence-corrected chi connectivity index (χ4v) is 2.77. The highest BCUT2D eigenvalue weighted by atomic mass is 16.5. The second-order valence-corrected chi connectivity index (χ2v) is 4.95. The molecule has 0 amide bonds. The number of hydrogen-bond acceptors (Lipinski definition) is 4. The largest absolute Gasteiger partial charge is 0.466 e. The molecule has 0 unspecified atom stereocenters. The second kappa shape index (κ2) is 6.36. The summed E-state index contributed by atoms with van der Waals surface area (Å²) in [7, 11) is 0. The van der Waals surface area contributed by atoms with Crippen molar-refractivity contribution in [2.75, 3.05) is 26.2 Å². The van der Waals surface area contributed by atoms with Gasteiger partial charge in [0.2, 0.25) is 0 Å². The van der Waals surface area contributed by atoms with Gasteiger partial charge in [-0.15, -0.1) is 0 Å². The zero-order chi connectivity index (χ0) is 12.9. The van der Waals surface area contributed by atoms with Gasteiger partial charge in [-0.25, -0.2) is 0 Å². The van der Waals surface area contributed by atoms with Gasteiger partial charge in [0, 0.05) is 12.1 Å². The lowest BCUT2D eigenvalue weighted by atomic mass is 9.81. The van der Waals surface area contributed by atoms with Crippen molar-refractivity contribution < 1.29 is 9.53 Å². The van der Waals surface area contributed by atoms with Crippen LogP contribution < -0.4 is 5.73 Å². The van der Waals surface area contributed by atoms with Gasteiger partial charge in [-0.1, -0.05) is 6.92 Å². The molecule has 1 fully saturated rings. The van der Waals surface area contributed by atoms with E-state index in [1.807, 2.05) is 6.92 Å². The third-order valence-corrected chi connectivity index (χ3v) is 4.10. The molecular formula is C13H26N2O2. The molecule has 0 saturated carbocycles. The van der Waals surface area contributed by atoms with E-state index < -0.39 is 0 Å². The molecule has 4 nitrogen and oxygen atoms in total. The Labute approximate surface area is 104 Å². The van der Waals surface area contributed by atoms with Crippen LogP contribution in [-0.2, 0) is 9.53 Å². The predicted octanol–water partition coefficient (Wildman–Crippen LogP) is 1.39. The van der Waals surface area contributed by atoms with Crippen molar-refractivity contribution >= 4 is 5.97 Å². The van der Waals surface area contributed by atoms with Gasteiger partial charge in [0.15, 0.2) is 0 Å². The van der Waals surface area contributed by atoms with Crippen LogP contribution in [0.3, 0.4) is 0 Å². The third kappa shape index (κ3) is 2.99. The van der Waals surface area contributed by atoms with Crippen LogP contribution in [0.4, 0.5) is 0 Å². The van der Waals surface area contributed by atoms with Gasteiger partial charge in [0.1, 0.15) is 0 Å². The Bertz CT molecular complexity index is 252. The van der Waals surface area contributed by atoms with Crippen molar-refractivity contribution in [1.82, 2.24) is 4.90 Å². The summed E-state index contributed by atoms with van der Waals surface area (Å²) in [4.78, 5) is 14.4. The Hall–Kier alpha value is -0.610. The molecule has 0 aromatic carbocycles. The minimum atomic E-state index is -0.217. The van der Waals surface area contributed by atoms with Gasteiger partial charge in [0.25, 0.3) is 0 Å². The molecular weight excluding hydrogens is 216 g/mol. The molecule has 2 N–H and O–H groups in total. The van der Waals surface area contributed by atoms with Gasteiger partial charge < -0.3 is 10.5 Å². The number of esters is 1. The van der Waals surface area contributed by atoms with Crippen LogP contribution in [0.2, 0.25) is 0 Å². The molecule has 100 valence electrons. The predicted molar refractivity (Wildman–Crippen MR) is 68.7 cm³/mol. The lowest BCUT2D eigenvalue weighted by Gasteiger charge is -2.42. The maximum Gasteiger partial charge on any atom is 0.312 e. The number of nitrogens with two attached hydrogens (primary N) is 1. The summed E-state index contributed by atoms with van der Waals surface area (Å²) in [5.41, 5.74) is 5.65. The summed E-state index contributed by atoms with van der Waals surface area (Å²) < 4.78 is 5.16. The van der Waals surface area contributed by atoms with Crippen LogP contribution >= 0.6 is 0 Å². The van der Waals surface area contributed by atoms with E-state index in [9.17, 15) is 4.79 Å². The summed E-state index contributed by atoms with van der Waals surface area (Å²) in [6.45, 7) is 9.03. The van der Waals surface area contributed by atoms with Crippen molar-refractivity contribution in [1.29, 1.82) is 0 Å². The highest BCUT2D eigenvalue weighted by molar-refractivity contribution is 5.74. The fourth-order valence-electron chi connectivity index (χ4n) is 2.77. The molecule has 17 heavy (non-hydrogen) atoms. The molecule has 1 heterocycles. The number of carbonyl (C=O) groups excluding carboxylic acids is 1. The van der Waals surface area contributed by atoms with E-state index in [1.165, 1.54) is 12.8 Å². The first-order valence-corrected chi connectivity index (χ1v) is 6.71. The molecule has 0 aliphatic carbocycles. The van der Waals surface area contributed by atoms with Gasteiger partial charge in [0.05, 0.1) is 12.5 Å². The molecule has 0 aromatic heterocycles. The summed E-state index contributed by atoms with van der Waals surface area (Å²) in [6, 6.07) is 0. The Morgan fingerprint density at radius 2 is 2.00 bits per heavy atom. The average molecular weight is 242 g/mol. The van der Waals surface area contributed by atoms with Crippen LogP contribution in [0.5, 0.6) is 0 Å². The van der Waals surface area contributed by atoms with Crippen molar-refractivity contribution in [2.24, 2.45) is 11.7 Å². The Morgan fingerprint density at radius 1 is 1.41 bits per heavy atom. The van der Waals surface area contributed by atoms with Gasteiger partial charge in [-0.3, -0.25) is 9.69 Å². The Kier molecular flexibility index (Phi) is 5.40. The van der Waals surface area contributed by atoms with Crippen LogP contribution in [0.25, 0.3) is 0 Å². The molecule has 1 aliphatic rings. The van der Waals surface area contributed by atoms with Crippen LogP contribution in [0.1, 0.15) is 40.0 Å². The summed E-state index contributed by atoms with van der Waals surface area (Å²) in [6.07, 6.45) is 3.36. The average Bonchev–Trinajstić information content (AvgIpc) is 2.84. The molecule has 0 spiro atoms. The number of rotatable bonds is 6. The fraction of sp³-hybridized carbons (Fsp3) is 0.923. The number of hydrogen-bond donors (Lipinski definition) is 1.